The summed E-state index contributed by atoms with van der Waals surface area (Å²) in [6, 6.07) is 3.40. The molecule has 130 valence electrons. The number of carbonyl (C=O) groups excluding carboxylic acids is 3. The molecular weight excluding hydrogens is 330 g/mol. The first kappa shape index (κ1) is 21.3. The Morgan fingerprint density at radius 1 is 1.04 bits per heavy atom. The lowest BCUT2D eigenvalue weighted by Gasteiger charge is -2.10. The third-order valence-corrected chi connectivity index (χ3v) is 2.84. The van der Waals surface area contributed by atoms with Crippen LogP contribution in [0.15, 0.2) is 28.9 Å². The Balaban J connectivity index is 6.27. The van der Waals surface area contributed by atoms with Crippen molar-refractivity contribution in [3.8, 4) is 12.1 Å². The van der Waals surface area contributed by atoms with Gasteiger partial charge in [-0.1, -0.05) is 0 Å². The number of hydrogen-bond donors (Lipinski definition) is 1. The first-order valence-electron chi connectivity index (χ1n) is 6.64. The third-order valence-electron chi connectivity index (χ3n) is 2.84. The minimum Gasteiger partial charge on any atom is -0.469 e. The largest absolute Gasteiger partial charge is 0.469 e. The highest BCUT2D eigenvalue weighted by Gasteiger charge is 2.21. The van der Waals surface area contributed by atoms with Crippen molar-refractivity contribution in [2.45, 2.75) is 6.42 Å². The quantitative estimate of drug-likeness (QED) is 0.176. The van der Waals surface area contributed by atoms with E-state index in [0.717, 1.165) is 33.5 Å². The summed E-state index contributed by atoms with van der Waals surface area (Å²) in [5, 5.41) is 25.4. The number of ether oxygens (including phenoxy) is 3. The van der Waals surface area contributed by atoms with E-state index < -0.39 is 35.8 Å². The molecule has 0 rings (SSSR count). The molecule has 0 bridgehead atoms. The van der Waals surface area contributed by atoms with Crippen molar-refractivity contribution in [1.82, 2.24) is 0 Å². The fourth-order valence-corrected chi connectivity index (χ4v) is 1.57. The van der Waals surface area contributed by atoms with E-state index in [1.165, 1.54) is 0 Å². The van der Waals surface area contributed by atoms with Crippen molar-refractivity contribution in [3.05, 3.63) is 28.9 Å². The number of rotatable bonds is 7. The number of carbonyl (C=O) groups is 3. The highest BCUT2D eigenvalue weighted by molar-refractivity contribution is 6.00. The van der Waals surface area contributed by atoms with Gasteiger partial charge in [0, 0.05) is 0 Å². The number of hydrogen-bond acceptors (Lipinski definition) is 9. The molecule has 0 aromatic heterocycles. The molecule has 0 saturated carbocycles. The fourth-order valence-electron chi connectivity index (χ4n) is 1.57. The van der Waals surface area contributed by atoms with E-state index in [2.05, 4.69) is 14.2 Å². The summed E-state index contributed by atoms with van der Waals surface area (Å²) >= 11 is 0. The van der Waals surface area contributed by atoms with Crippen LogP contribution in [0.4, 0.5) is 0 Å². The zero-order chi connectivity index (χ0) is 19.4. The van der Waals surface area contributed by atoms with Crippen LogP contribution in [0.2, 0.25) is 0 Å². The van der Waals surface area contributed by atoms with Crippen LogP contribution in [0.5, 0.6) is 0 Å². The Morgan fingerprint density at radius 2 is 1.64 bits per heavy atom. The molecule has 9 heteroatoms. The molecule has 0 fully saturated rings. The van der Waals surface area contributed by atoms with Gasteiger partial charge < -0.3 is 14.2 Å². The van der Waals surface area contributed by atoms with Gasteiger partial charge in [0.15, 0.2) is 0 Å². The minimum atomic E-state index is -1.16. The van der Waals surface area contributed by atoms with E-state index in [9.17, 15) is 19.6 Å². The molecule has 0 heterocycles. The second-order valence-corrected chi connectivity index (χ2v) is 4.30. The monoisotopic (exact) mass is 345 g/mol. The molecule has 0 aliphatic carbocycles. The predicted molar refractivity (Wildman–Crippen MR) is 82.8 cm³/mol. The predicted octanol–water partition coefficient (Wildman–Crippen LogP) is 0.587. The molecule has 0 aliphatic rings. The van der Waals surface area contributed by atoms with Gasteiger partial charge in [-0.15, -0.1) is 0 Å². The average Bonchev–Trinajstić information content (AvgIpc) is 2.65. The van der Waals surface area contributed by atoms with Gasteiger partial charge in [0.2, 0.25) is 0 Å². The van der Waals surface area contributed by atoms with Crippen molar-refractivity contribution in [1.29, 1.82) is 15.9 Å². The highest BCUT2D eigenvalue weighted by Crippen LogP contribution is 2.21. The molecule has 9 nitrogen and oxygen atoms in total. The SMILES string of the molecule is COC(=O)C[C@H](C#N)C(=C\C(=C=N)C(=O)OC)/C=C(\C#N)C(=O)OC. The normalized spacial score (nSPS) is 11.9. The third kappa shape index (κ3) is 6.53. The van der Waals surface area contributed by atoms with Gasteiger partial charge in [0.05, 0.1) is 39.7 Å². The van der Waals surface area contributed by atoms with Crippen molar-refractivity contribution in [3.63, 3.8) is 0 Å². The molecule has 0 radical (unpaired) electrons. The molecule has 0 amide bonds. The summed E-state index contributed by atoms with van der Waals surface area (Å²) in [5.41, 5.74) is -0.899. The van der Waals surface area contributed by atoms with E-state index in [0.29, 0.717) is 0 Å². The lowest BCUT2D eigenvalue weighted by molar-refractivity contribution is -0.141. The minimum absolute atomic E-state index is 0.0602. The van der Waals surface area contributed by atoms with E-state index in [4.69, 9.17) is 10.7 Å². The first-order chi connectivity index (χ1) is 11.9. The van der Waals surface area contributed by atoms with Gasteiger partial charge in [0.1, 0.15) is 17.2 Å². The number of nitrogens with one attached hydrogen (secondary N) is 1. The molecule has 0 spiro atoms. The molecule has 25 heavy (non-hydrogen) atoms. The Labute approximate surface area is 143 Å². The van der Waals surface area contributed by atoms with E-state index in [1.54, 1.807) is 6.07 Å². The van der Waals surface area contributed by atoms with Crippen LogP contribution in [-0.4, -0.2) is 45.1 Å². The van der Waals surface area contributed by atoms with Gasteiger partial charge >= 0.3 is 17.9 Å². The highest BCUT2D eigenvalue weighted by atomic mass is 16.5. The van der Waals surface area contributed by atoms with Gasteiger partial charge in [-0.05, 0) is 23.6 Å². The second-order valence-electron chi connectivity index (χ2n) is 4.30. The van der Waals surface area contributed by atoms with Crippen LogP contribution in [0.3, 0.4) is 0 Å². The van der Waals surface area contributed by atoms with Crippen LogP contribution in [-0.2, 0) is 28.6 Å². The Morgan fingerprint density at radius 3 is 2.04 bits per heavy atom. The van der Waals surface area contributed by atoms with Gasteiger partial charge in [0.25, 0.3) is 0 Å². The molecule has 1 N–H and O–H groups in total. The van der Waals surface area contributed by atoms with Crippen LogP contribution in [0, 0.1) is 34.0 Å². The standard InChI is InChI=1S/C16H15N3O6/c1-23-14(20)6-11(7-17)10(4-12(8-18)15(21)24-2)5-13(9-19)16(22)25-3/h4-5,11,18H,6H2,1-3H3/b10-4-,13-5+/t11-/m1/s1. The van der Waals surface area contributed by atoms with Crippen molar-refractivity contribution in [2.75, 3.05) is 21.3 Å². The second kappa shape index (κ2) is 10.9. The fraction of sp³-hybridized carbons (Fsp3) is 0.312. The van der Waals surface area contributed by atoms with Crippen LogP contribution < -0.4 is 0 Å². The molecule has 0 unspecified atom stereocenters. The lowest BCUT2D eigenvalue weighted by atomic mass is 9.93. The summed E-state index contributed by atoms with van der Waals surface area (Å²) in [6.07, 6.45) is 1.61. The molecule has 0 aromatic rings. The van der Waals surface area contributed by atoms with Crippen molar-refractivity contribution >= 4 is 23.8 Å². The van der Waals surface area contributed by atoms with Gasteiger partial charge in [-0.3, -0.25) is 10.2 Å². The maximum absolute atomic E-state index is 11.6. The summed E-state index contributed by atoms with van der Waals surface area (Å²) in [7, 11) is 3.27. The smallest absolute Gasteiger partial charge is 0.348 e. The number of nitrogens with zero attached hydrogens (tertiary/aromatic N) is 2. The van der Waals surface area contributed by atoms with Crippen LogP contribution in [0.25, 0.3) is 0 Å². The zero-order valence-electron chi connectivity index (χ0n) is 13.8. The molecule has 1 atom stereocenters. The molecule has 0 aliphatic heterocycles. The summed E-state index contributed by atoms with van der Waals surface area (Å²) in [5.74, 6) is -1.95. The molecular formula is C16H15N3O6. The molecule has 0 saturated heterocycles. The van der Waals surface area contributed by atoms with Crippen molar-refractivity contribution in [2.24, 2.45) is 5.92 Å². The van der Waals surface area contributed by atoms with Crippen LogP contribution in [0.1, 0.15) is 6.42 Å². The lowest BCUT2D eigenvalue weighted by Crippen LogP contribution is -2.13. The van der Waals surface area contributed by atoms with E-state index in [1.807, 2.05) is 11.9 Å². The Kier molecular flexibility index (Phi) is 9.34. The van der Waals surface area contributed by atoms with E-state index in [-0.39, 0.29) is 11.1 Å². The maximum atomic E-state index is 11.6. The summed E-state index contributed by atoms with van der Waals surface area (Å²) in [6.45, 7) is 0. The van der Waals surface area contributed by atoms with Crippen molar-refractivity contribution < 1.29 is 28.6 Å². The average molecular weight is 345 g/mol. The summed E-state index contributed by atoms with van der Waals surface area (Å²) < 4.78 is 13.4. The summed E-state index contributed by atoms with van der Waals surface area (Å²) in [4.78, 5) is 34.6. The number of nitriles is 2. The number of esters is 3. The number of allylic oxidation sites excluding steroid dienone is 2. The molecule has 0 aromatic carbocycles. The van der Waals surface area contributed by atoms with Gasteiger partial charge in [-0.25, -0.2) is 9.59 Å². The maximum Gasteiger partial charge on any atom is 0.348 e. The Bertz CT molecular complexity index is 745. The topological polar surface area (TPSA) is 150 Å². The first-order valence-corrected chi connectivity index (χ1v) is 6.64. The van der Waals surface area contributed by atoms with Crippen LogP contribution >= 0.6 is 0 Å². The number of methoxy groups -OCH3 is 3. The zero-order valence-corrected chi connectivity index (χ0v) is 13.8. The van der Waals surface area contributed by atoms with E-state index >= 15 is 0 Å². The Hall–Kier alpha value is -3.68. The van der Waals surface area contributed by atoms with Gasteiger partial charge in [-0.2, -0.15) is 10.5 Å².